The van der Waals surface area contributed by atoms with Crippen molar-refractivity contribution < 1.29 is 0 Å². The van der Waals surface area contributed by atoms with Gasteiger partial charge >= 0.3 is 0 Å². The molecule has 100 valence electrons. The maximum Gasteiger partial charge on any atom is -0.00880 e. The number of allylic oxidation sites excluding steroid dienone is 1. The van der Waals surface area contributed by atoms with Gasteiger partial charge in [-0.05, 0) is 39.8 Å². The van der Waals surface area contributed by atoms with Crippen molar-refractivity contribution in [3.8, 4) is 11.1 Å². The van der Waals surface area contributed by atoms with Crippen molar-refractivity contribution in [1.82, 2.24) is 0 Å². The van der Waals surface area contributed by atoms with Crippen molar-refractivity contribution in [2.75, 3.05) is 0 Å². The van der Waals surface area contributed by atoms with Gasteiger partial charge in [-0.2, -0.15) is 0 Å². The molecule has 0 aliphatic heterocycles. The monoisotopic (exact) mass is 268 g/mol. The number of fused-ring (bicyclic) bond motifs is 3. The third kappa shape index (κ3) is 2.09. The second kappa shape index (κ2) is 5.06. The Labute approximate surface area is 125 Å². The molecule has 0 amide bonds. The van der Waals surface area contributed by atoms with Crippen LogP contribution in [-0.4, -0.2) is 0 Å². The van der Waals surface area contributed by atoms with E-state index in [1.54, 1.807) is 0 Å². The SMILES string of the molecule is C(Cc1ccccc1)=C1c2ccccc2-c2ccccc21. The van der Waals surface area contributed by atoms with E-state index in [2.05, 4.69) is 84.9 Å². The maximum absolute atomic E-state index is 2.36. The lowest BCUT2D eigenvalue weighted by Crippen LogP contribution is -1.85. The smallest absolute Gasteiger partial charge is 0.00880 e. The highest BCUT2D eigenvalue weighted by molar-refractivity contribution is 6.01. The average Bonchev–Trinajstić information content (AvgIpc) is 2.88. The quantitative estimate of drug-likeness (QED) is 0.460. The molecular weight excluding hydrogens is 252 g/mol. The molecule has 0 spiro atoms. The van der Waals surface area contributed by atoms with Gasteiger partial charge < -0.3 is 0 Å². The van der Waals surface area contributed by atoms with Crippen LogP contribution in [0.15, 0.2) is 84.9 Å². The van der Waals surface area contributed by atoms with E-state index in [9.17, 15) is 0 Å². The van der Waals surface area contributed by atoms with Crippen molar-refractivity contribution in [2.45, 2.75) is 6.42 Å². The summed E-state index contributed by atoms with van der Waals surface area (Å²) in [5.74, 6) is 0. The van der Waals surface area contributed by atoms with Crippen LogP contribution in [0.5, 0.6) is 0 Å². The minimum Gasteiger partial charge on any atom is -0.0716 e. The Morgan fingerprint density at radius 2 is 1.00 bits per heavy atom. The fourth-order valence-corrected chi connectivity index (χ4v) is 3.10. The van der Waals surface area contributed by atoms with Crippen LogP contribution in [0.4, 0.5) is 0 Å². The van der Waals surface area contributed by atoms with E-state index in [1.165, 1.54) is 33.4 Å². The molecule has 0 nitrogen and oxygen atoms in total. The standard InChI is InChI=1S/C21H16/c1-2-8-16(9-3-1)14-15-21-19-12-6-4-10-17(19)18-11-5-7-13-20(18)21/h1-13,15H,14H2. The molecule has 0 saturated heterocycles. The van der Waals surface area contributed by atoms with Gasteiger partial charge in [0.1, 0.15) is 0 Å². The first-order valence-electron chi connectivity index (χ1n) is 7.37. The number of rotatable bonds is 2. The second-order valence-electron chi connectivity index (χ2n) is 5.40. The summed E-state index contributed by atoms with van der Waals surface area (Å²) in [6.07, 6.45) is 3.33. The molecule has 1 aliphatic rings. The van der Waals surface area contributed by atoms with Gasteiger partial charge in [0.2, 0.25) is 0 Å². The van der Waals surface area contributed by atoms with Crippen molar-refractivity contribution in [3.05, 3.63) is 102 Å². The molecular formula is C21H16. The highest BCUT2D eigenvalue weighted by atomic mass is 14.2. The van der Waals surface area contributed by atoms with Crippen molar-refractivity contribution in [2.24, 2.45) is 0 Å². The summed E-state index contributed by atoms with van der Waals surface area (Å²) in [6.45, 7) is 0. The lowest BCUT2D eigenvalue weighted by atomic mass is 10.0. The van der Waals surface area contributed by atoms with Crippen LogP contribution in [0.3, 0.4) is 0 Å². The molecule has 0 aromatic heterocycles. The molecule has 0 bridgehead atoms. The van der Waals surface area contributed by atoms with Gasteiger partial charge in [-0.3, -0.25) is 0 Å². The largest absolute Gasteiger partial charge is 0.0716 e. The van der Waals surface area contributed by atoms with Gasteiger partial charge in [0, 0.05) is 0 Å². The molecule has 0 saturated carbocycles. The number of hydrogen-bond acceptors (Lipinski definition) is 0. The predicted molar refractivity (Wildman–Crippen MR) is 89.1 cm³/mol. The molecule has 0 heteroatoms. The summed E-state index contributed by atoms with van der Waals surface area (Å²) >= 11 is 0. The lowest BCUT2D eigenvalue weighted by Gasteiger charge is -2.03. The third-order valence-corrected chi connectivity index (χ3v) is 4.11. The van der Waals surface area contributed by atoms with Crippen LogP contribution in [0, 0.1) is 0 Å². The topological polar surface area (TPSA) is 0 Å². The van der Waals surface area contributed by atoms with Crippen LogP contribution >= 0.6 is 0 Å². The molecule has 1 aliphatic carbocycles. The number of hydrogen-bond donors (Lipinski definition) is 0. The first kappa shape index (κ1) is 12.2. The molecule has 0 heterocycles. The molecule has 3 aromatic carbocycles. The highest BCUT2D eigenvalue weighted by Gasteiger charge is 2.21. The lowest BCUT2D eigenvalue weighted by molar-refractivity contribution is 1.27. The Hall–Kier alpha value is -2.60. The van der Waals surface area contributed by atoms with Gasteiger partial charge in [-0.15, -0.1) is 0 Å². The molecule has 4 rings (SSSR count). The Kier molecular flexibility index (Phi) is 2.93. The maximum atomic E-state index is 2.36. The summed E-state index contributed by atoms with van der Waals surface area (Å²) in [5.41, 5.74) is 8.14. The first-order chi connectivity index (χ1) is 10.4. The zero-order chi connectivity index (χ0) is 14.1. The minimum absolute atomic E-state index is 0.971. The van der Waals surface area contributed by atoms with Gasteiger partial charge in [0.15, 0.2) is 0 Å². The van der Waals surface area contributed by atoms with E-state index in [0.717, 1.165) is 6.42 Å². The summed E-state index contributed by atoms with van der Waals surface area (Å²) in [4.78, 5) is 0. The highest BCUT2D eigenvalue weighted by Crippen LogP contribution is 2.43. The van der Waals surface area contributed by atoms with Crippen LogP contribution in [0.1, 0.15) is 16.7 Å². The van der Waals surface area contributed by atoms with E-state index >= 15 is 0 Å². The zero-order valence-corrected chi connectivity index (χ0v) is 11.8. The van der Waals surface area contributed by atoms with Crippen molar-refractivity contribution in [3.63, 3.8) is 0 Å². The predicted octanol–water partition coefficient (Wildman–Crippen LogP) is 5.34. The third-order valence-electron chi connectivity index (χ3n) is 4.11. The van der Waals surface area contributed by atoms with Gasteiger partial charge in [-0.25, -0.2) is 0 Å². The summed E-state index contributed by atoms with van der Waals surface area (Å²) in [6, 6.07) is 28.0. The summed E-state index contributed by atoms with van der Waals surface area (Å²) < 4.78 is 0. The molecule has 0 unspecified atom stereocenters. The second-order valence-corrected chi connectivity index (χ2v) is 5.40. The minimum atomic E-state index is 0.971. The summed E-state index contributed by atoms with van der Waals surface area (Å²) in [5, 5.41) is 0. The molecule has 0 N–H and O–H groups in total. The zero-order valence-electron chi connectivity index (χ0n) is 11.8. The van der Waals surface area contributed by atoms with Crippen LogP contribution < -0.4 is 0 Å². The van der Waals surface area contributed by atoms with E-state index in [0.29, 0.717) is 0 Å². The normalized spacial score (nSPS) is 11.9. The Morgan fingerprint density at radius 3 is 1.57 bits per heavy atom. The van der Waals surface area contributed by atoms with Crippen LogP contribution in [0.2, 0.25) is 0 Å². The Balaban J connectivity index is 1.82. The van der Waals surface area contributed by atoms with Crippen LogP contribution in [-0.2, 0) is 6.42 Å². The Bertz CT molecular complexity index is 763. The first-order valence-corrected chi connectivity index (χ1v) is 7.37. The average molecular weight is 268 g/mol. The van der Waals surface area contributed by atoms with E-state index in [4.69, 9.17) is 0 Å². The van der Waals surface area contributed by atoms with Crippen molar-refractivity contribution >= 4 is 5.57 Å². The Morgan fingerprint density at radius 1 is 0.524 bits per heavy atom. The molecule has 0 radical (unpaired) electrons. The van der Waals surface area contributed by atoms with Crippen molar-refractivity contribution in [1.29, 1.82) is 0 Å². The molecule has 3 aromatic rings. The molecule has 21 heavy (non-hydrogen) atoms. The molecule has 0 fully saturated rings. The van der Waals surface area contributed by atoms with E-state index in [1.807, 2.05) is 0 Å². The van der Waals surface area contributed by atoms with Crippen LogP contribution in [0.25, 0.3) is 16.7 Å². The fraction of sp³-hybridized carbons (Fsp3) is 0.0476. The summed E-state index contributed by atoms with van der Waals surface area (Å²) in [7, 11) is 0. The fourth-order valence-electron chi connectivity index (χ4n) is 3.10. The van der Waals surface area contributed by atoms with Gasteiger partial charge in [0.05, 0.1) is 0 Å². The number of benzene rings is 3. The van der Waals surface area contributed by atoms with E-state index in [-0.39, 0.29) is 0 Å². The van der Waals surface area contributed by atoms with Gasteiger partial charge in [0.25, 0.3) is 0 Å². The van der Waals surface area contributed by atoms with Gasteiger partial charge in [-0.1, -0.05) is 84.9 Å². The van der Waals surface area contributed by atoms with E-state index < -0.39 is 0 Å². The molecule has 0 atom stereocenters.